The van der Waals surface area contributed by atoms with Crippen LogP contribution in [-0.4, -0.2) is 31.1 Å². The van der Waals surface area contributed by atoms with Gasteiger partial charge in [0, 0.05) is 7.11 Å². The fraction of sp³-hybridized carbons (Fsp3) is 0.833. The van der Waals surface area contributed by atoms with Crippen LogP contribution in [0, 0.1) is 11.8 Å². The predicted octanol–water partition coefficient (Wildman–Crippen LogP) is 1.82. The molecular formula is C12H22O4. The van der Waals surface area contributed by atoms with Gasteiger partial charge in [-0.2, -0.15) is 0 Å². The van der Waals surface area contributed by atoms with E-state index in [4.69, 9.17) is 9.47 Å². The van der Waals surface area contributed by atoms with Gasteiger partial charge in [-0.3, -0.25) is 9.59 Å². The van der Waals surface area contributed by atoms with Crippen molar-refractivity contribution in [3.63, 3.8) is 0 Å². The molecule has 0 saturated carbocycles. The monoisotopic (exact) mass is 230 g/mol. The maximum Gasteiger partial charge on any atom is 0.316 e. The van der Waals surface area contributed by atoms with E-state index in [1.54, 1.807) is 20.8 Å². The van der Waals surface area contributed by atoms with Crippen LogP contribution in [0.5, 0.6) is 0 Å². The molecule has 4 heteroatoms. The van der Waals surface area contributed by atoms with Gasteiger partial charge in [-0.1, -0.05) is 13.8 Å². The van der Waals surface area contributed by atoms with Crippen LogP contribution in [0.25, 0.3) is 0 Å². The number of rotatable bonds is 6. The van der Waals surface area contributed by atoms with Gasteiger partial charge in [0.1, 0.15) is 11.5 Å². The molecule has 94 valence electrons. The Morgan fingerprint density at radius 2 is 1.75 bits per heavy atom. The maximum atomic E-state index is 12.1. The molecule has 0 saturated heterocycles. The third-order valence-corrected chi connectivity index (χ3v) is 2.59. The quantitative estimate of drug-likeness (QED) is 0.516. The molecule has 0 aliphatic heterocycles. The summed E-state index contributed by atoms with van der Waals surface area (Å²) < 4.78 is 10.0. The standard InChI is InChI=1S/C12H22O4/c1-7-16-11(14)9(8(2)3)10(13)12(4,5)15-6/h8-9H,7H2,1-6H3. The third-order valence-electron chi connectivity index (χ3n) is 2.59. The van der Waals surface area contributed by atoms with E-state index >= 15 is 0 Å². The Balaban J connectivity index is 4.93. The molecule has 0 aliphatic carbocycles. The summed E-state index contributed by atoms with van der Waals surface area (Å²) in [5.74, 6) is -1.55. The molecular weight excluding hydrogens is 208 g/mol. The lowest BCUT2D eigenvalue weighted by Crippen LogP contribution is -2.44. The maximum absolute atomic E-state index is 12.1. The molecule has 0 aromatic rings. The van der Waals surface area contributed by atoms with Crippen molar-refractivity contribution in [2.75, 3.05) is 13.7 Å². The molecule has 0 aliphatic rings. The lowest BCUT2D eigenvalue weighted by molar-refractivity contribution is -0.160. The van der Waals surface area contributed by atoms with Crippen LogP contribution in [0.15, 0.2) is 0 Å². The Morgan fingerprint density at radius 1 is 1.25 bits per heavy atom. The zero-order chi connectivity index (χ0) is 12.9. The number of carbonyl (C=O) groups excluding carboxylic acids is 2. The Bertz CT molecular complexity index is 256. The first-order valence-corrected chi connectivity index (χ1v) is 5.54. The topological polar surface area (TPSA) is 52.6 Å². The Morgan fingerprint density at radius 3 is 2.06 bits per heavy atom. The van der Waals surface area contributed by atoms with Crippen molar-refractivity contribution in [2.45, 2.75) is 40.2 Å². The van der Waals surface area contributed by atoms with Crippen molar-refractivity contribution in [2.24, 2.45) is 11.8 Å². The van der Waals surface area contributed by atoms with Crippen LogP contribution in [0.2, 0.25) is 0 Å². The van der Waals surface area contributed by atoms with Gasteiger partial charge in [-0.05, 0) is 26.7 Å². The summed E-state index contributed by atoms with van der Waals surface area (Å²) in [5.41, 5.74) is -0.957. The largest absolute Gasteiger partial charge is 0.465 e. The molecule has 0 fully saturated rings. The van der Waals surface area contributed by atoms with Crippen LogP contribution in [0.3, 0.4) is 0 Å². The highest BCUT2D eigenvalue weighted by Crippen LogP contribution is 2.22. The van der Waals surface area contributed by atoms with Crippen molar-refractivity contribution in [3.05, 3.63) is 0 Å². The van der Waals surface area contributed by atoms with E-state index in [9.17, 15) is 9.59 Å². The number of hydrogen-bond acceptors (Lipinski definition) is 4. The van der Waals surface area contributed by atoms with Crippen LogP contribution in [-0.2, 0) is 19.1 Å². The Kier molecular flexibility index (Phi) is 5.65. The minimum Gasteiger partial charge on any atom is -0.465 e. The van der Waals surface area contributed by atoms with Gasteiger partial charge in [0.05, 0.1) is 6.61 Å². The van der Waals surface area contributed by atoms with E-state index in [0.717, 1.165) is 0 Å². The number of esters is 1. The van der Waals surface area contributed by atoms with Crippen molar-refractivity contribution in [3.8, 4) is 0 Å². The number of Topliss-reactive ketones (excluding diaryl/α,β-unsaturated/α-hetero) is 1. The lowest BCUT2D eigenvalue weighted by Gasteiger charge is -2.27. The predicted molar refractivity (Wildman–Crippen MR) is 61.1 cm³/mol. The highest BCUT2D eigenvalue weighted by Gasteiger charge is 2.40. The van der Waals surface area contributed by atoms with Crippen LogP contribution >= 0.6 is 0 Å². The Labute approximate surface area is 97.3 Å². The number of ether oxygens (including phenoxy) is 2. The summed E-state index contributed by atoms with van der Waals surface area (Å²) >= 11 is 0. The van der Waals surface area contributed by atoms with Crippen molar-refractivity contribution >= 4 is 11.8 Å². The van der Waals surface area contributed by atoms with Crippen molar-refractivity contribution in [1.82, 2.24) is 0 Å². The van der Waals surface area contributed by atoms with Gasteiger partial charge in [-0.25, -0.2) is 0 Å². The minimum atomic E-state index is -0.957. The molecule has 0 radical (unpaired) electrons. The zero-order valence-electron chi connectivity index (χ0n) is 11.0. The van der Waals surface area contributed by atoms with Gasteiger partial charge in [0.25, 0.3) is 0 Å². The second kappa shape index (κ2) is 5.99. The zero-order valence-corrected chi connectivity index (χ0v) is 11.0. The summed E-state index contributed by atoms with van der Waals surface area (Å²) in [6, 6.07) is 0. The first-order chi connectivity index (χ1) is 7.27. The fourth-order valence-electron chi connectivity index (χ4n) is 1.39. The minimum absolute atomic E-state index is 0.0963. The molecule has 0 bridgehead atoms. The first-order valence-electron chi connectivity index (χ1n) is 5.54. The van der Waals surface area contributed by atoms with E-state index in [2.05, 4.69) is 0 Å². The van der Waals surface area contributed by atoms with Crippen molar-refractivity contribution in [1.29, 1.82) is 0 Å². The molecule has 0 heterocycles. The number of methoxy groups -OCH3 is 1. The molecule has 16 heavy (non-hydrogen) atoms. The van der Waals surface area contributed by atoms with E-state index in [0.29, 0.717) is 0 Å². The van der Waals surface area contributed by atoms with E-state index < -0.39 is 17.5 Å². The third kappa shape index (κ3) is 3.59. The molecule has 0 aromatic carbocycles. The van der Waals surface area contributed by atoms with Gasteiger partial charge in [0.2, 0.25) is 0 Å². The average molecular weight is 230 g/mol. The average Bonchev–Trinajstić information content (AvgIpc) is 2.17. The highest BCUT2D eigenvalue weighted by molar-refractivity contribution is 6.03. The van der Waals surface area contributed by atoms with Crippen LogP contribution < -0.4 is 0 Å². The second-order valence-electron chi connectivity index (χ2n) is 4.55. The van der Waals surface area contributed by atoms with Crippen LogP contribution in [0.4, 0.5) is 0 Å². The molecule has 0 N–H and O–H groups in total. The second-order valence-corrected chi connectivity index (χ2v) is 4.55. The molecule has 1 unspecified atom stereocenters. The summed E-state index contributed by atoms with van der Waals surface area (Å²) in [6.07, 6.45) is 0. The molecule has 0 amide bonds. The van der Waals surface area contributed by atoms with Gasteiger partial charge in [-0.15, -0.1) is 0 Å². The SMILES string of the molecule is CCOC(=O)C(C(=O)C(C)(C)OC)C(C)C. The number of hydrogen-bond donors (Lipinski definition) is 0. The van der Waals surface area contributed by atoms with Gasteiger partial charge in [0.15, 0.2) is 5.78 Å². The molecule has 0 spiro atoms. The Hall–Kier alpha value is -0.900. The van der Waals surface area contributed by atoms with E-state index in [1.165, 1.54) is 7.11 Å². The highest BCUT2D eigenvalue weighted by atomic mass is 16.5. The van der Waals surface area contributed by atoms with Gasteiger partial charge >= 0.3 is 5.97 Å². The summed E-state index contributed by atoms with van der Waals surface area (Å²) in [4.78, 5) is 23.8. The van der Waals surface area contributed by atoms with E-state index in [1.807, 2.05) is 13.8 Å². The van der Waals surface area contributed by atoms with Crippen molar-refractivity contribution < 1.29 is 19.1 Å². The van der Waals surface area contributed by atoms with Crippen LogP contribution in [0.1, 0.15) is 34.6 Å². The van der Waals surface area contributed by atoms with E-state index in [-0.39, 0.29) is 18.3 Å². The normalized spacial score (nSPS) is 13.7. The smallest absolute Gasteiger partial charge is 0.316 e. The molecule has 0 aromatic heterocycles. The number of carbonyl (C=O) groups is 2. The first kappa shape index (κ1) is 15.1. The molecule has 1 atom stereocenters. The summed E-state index contributed by atoms with van der Waals surface area (Å²) in [7, 11) is 1.46. The molecule has 0 rings (SSSR count). The summed E-state index contributed by atoms with van der Waals surface area (Å²) in [6.45, 7) is 8.97. The summed E-state index contributed by atoms with van der Waals surface area (Å²) in [5, 5.41) is 0. The molecule has 4 nitrogen and oxygen atoms in total. The van der Waals surface area contributed by atoms with Gasteiger partial charge < -0.3 is 9.47 Å². The number of ketones is 1. The lowest BCUT2D eigenvalue weighted by atomic mass is 9.84. The fourth-order valence-corrected chi connectivity index (χ4v) is 1.39.